The molecule has 1 rings (SSSR count). The van der Waals surface area contributed by atoms with Gasteiger partial charge in [-0.3, -0.25) is 0 Å². The number of nitriles is 1. The van der Waals surface area contributed by atoms with Crippen LogP contribution in [0.4, 0.5) is 8.78 Å². The highest BCUT2D eigenvalue weighted by molar-refractivity contribution is 5.34. The molecule has 0 fully saturated rings. The molecule has 104 valence electrons. The van der Waals surface area contributed by atoms with Crippen molar-refractivity contribution in [1.29, 1.82) is 5.26 Å². The molecule has 1 aromatic rings. The van der Waals surface area contributed by atoms with Gasteiger partial charge >= 0.3 is 0 Å². The van der Waals surface area contributed by atoms with Gasteiger partial charge in [-0.25, -0.2) is 8.78 Å². The van der Waals surface area contributed by atoms with Gasteiger partial charge in [-0.15, -0.1) is 0 Å². The second-order valence-electron chi connectivity index (χ2n) is 4.53. The van der Waals surface area contributed by atoms with Crippen LogP contribution in [-0.4, -0.2) is 17.3 Å². The van der Waals surface area contributed by atoms with Crippen molar-refractivity contribution in [3.05, 3.63) is 34.9 Å². The minimum Gasteiger partial charge on any atom is -0.394 e. The summed E-state index contributed by atoms with van der Waals surface area (Å²) in [5.41, 5.74) is -0.691. The van der Waals surface area contributed by atoms with Gasteiger partial charge in [-0.1, -0.05) is 13.8 Å². The zero-order valence-electron chi connectivity index (χ0n) is 11.1. The van der Waals surface area contributed by atoms with Crippen LogP contribution < -0.4 is 5.32 Å². The third kappa shape index (κ3) is 3.49. The molecule has 2 N–H and O–H groups in total. The molecule has 5 heteroatoms. The molecule has 0 saturated carbocycles. The first-order chi connectivity index (χ1) is 9.01. The van der Waals surface area contributed by atoms with Crippen LogP contribution in [0.15, 0.2) is 12.1 Å². The molecule has 19 heavy (non-hydrogen) atoms. The number of hydrogen-bond acceptors (Lipinski definition) is 3. The predicted octanol–water partition coefficient (Wildman–Crippen LogP) is 2.48. The van der Waals surface area contributed by atoms with Crippen LogP contribution in [0.5, 0.6) is 0 Å². The molecule has 0 spiro atoms. The number of halogens is 2. The fourth-order valence-corrected chi connectivity index (χ4v) is 1.89. The summed E-state index contributed by atoms with van der Waals surface area (Å²) in [6, 6.07) is 3.73. The first kappa shape index (κ1) is 15.5. The molecule has 0 aliphatic heterocycles. The molecular weight excluding hydrogens is 250 g/mol. The molecule has 0 aliphatic carbocycles. The van der Waals surface area contributed by atoms with Crippen LogP contribution in [0.3, 0.4) is 0 Å². The maximum Gasteiger partial charge on any atom is 0.131 e. The van der Waals surface area contributed by atoms with E-state index in [1.54, 1.807) is 6.07 Å². The van der Waals surface area contributed by atoms with E-state index in [1.807, 2.05) is 13.8 Å². The lowest BCUT2D eigenvalue weighted by atomic mass is 9.93. The Hall–Kier alpha value is -1.51. The lowest BCUT2D eigenvalue weighted by molar-refractivity contribution is 0.148. The van der Waals surface area contributed by atoms with Gasteiger partial charge in [0.25, 0.3) is 0 Å². The van der Waals surface area contributed by atoms with Crippen LogP contribution in [-0.2, 0) is 6.54 Å². The molecule has 1 aromatic carbocycles. The molecule has 0 radical (unpaired) electrons. The highest BCUT2D eigenvalue weighted by Crippen LogP contribution is 2.19. The van der Waals surface area contributed by atoms with Crippen LogP contribution in [0.2, 0.25) is 0 Å². The van der Waals surface area contributed by atoms with Gasteiger partial charge in [0.15, 0.2) is 0 Å². The fraction of sp³-hybridized carbons (Fsp3) is 0.500. The topological polar surface area (TPSA) is 56.0 Å². The summed E-state index contributed by atoms with van der Waals surface area (Å²) in [5.74, 6) is -1.49. The highest BCUT2D eigenvalue weighted by Gasteiger charge is 2.25. The Morgan fingerprint density at radius 1 is 1.26 bits per heavy atom. The number of aliphatic hydroxyl groups excluding tert-OH is 1. The Labute approximate surface area is 111 Å². The van der Waals surface area contributed by atoms with E-state index in [2.05, 4.69) is 5.32 Å². The second kappa shape index (κ2) is 6.60. The Kier molecular flexibility index (Phi) is 5.40. The van der Waals surface area contributed by atoms with Crippen molar-refractivity contribution < 1.29 is 13.9 Å². The second-order valence-corrected chi connectivity index (χ2v) is 4.53. The molecule has 0 amide bonds. The van der Waals surface area contributed by atoms with Crippen LogP contribution >= 0.6 is 0 Å². The Bertz CT molecular complexity index is 448. The van der Waals surface area contributed by atoms with Crippen LogP contribution in [0.1, 0.15) is 37.8 Å². The Balaban J connectivity index is 2.92. The first-order valence-electron chi connectivity index (χ1n) is 6.25. The molecule has 0 saturated heterocycles. The van der Waals surface area contributed by atoms with Crippen molar-refractivity contribution in [3.63, 3.8) is 0 Å². The maximum atomic E-state index is 13.7. The van der Waals surface area contributed by atoms with E-state index in [0.29, 0.717) is 12.8 Å². The summed E-state index contributed by atoms with van der Waals surface area (Å²) in [7, 11) is 0. The van der Waals surface area contributed by atoms with Gasteiger partial charge in [0.1, 0.15) is 11.6 Å². The minimum absolute atomic E-state index is 0.0222. The highest BCUT2D eigenvalue weighted by atomic mass is 19.1. The lowest BCUT2D eigenvalue weighted by Gasteiger charge is -2.31. The molecule has 0 aromatic heterocycles. The van der Waals surface area contributed by atoms with E-state index in [-0.39, 0.29) is 24.3 Å². The van der Waals surface area contributed by atoms with Gasteiger partial charge in [0.05, 0.1) is 18.2 Å². The van der Waals surface area contributed by atoms with Gasteiger partial charge in [-0.2, -0.15) is 5.26 Å². The van der Waals surface area contributed by atoms with E-state index < -0.39 is 17.2 Å². The molecule has 0 aliphatic rings. The van der Waals surface area contributed by atoms with Gasteiger partial charge in [0.2, 0.25) is 0 Å². The van der Waals surface area contributed by atoms with E-state index in [0.717, 1.165) is 12.1 Å². The van der Waals surface area contributed by atoms with Gasteiger partial charge in [0, 0.05) is 17.6 Å². The molecular formula is C14H18F2N2O. The summed E-state index contributed by atoms with van der Waals surface area (Å²) >= 11 is 0. The quantitative estimate of drug-likeness (QED) is 0.833. The van der Waals surface area contributed by atoms with E-state index in [1.165, 1.54) is 0 Å². The Morgan fingerprint density at radius 3 is 2.16 bits per heavy atom. The van der Waals surface area contributed by atoms with E-state index in [9.17, 15) is 13.9 Å². The summed E-state index contributed by atoms with van der Waals surface area (Å²) in [6.07, 6.45) is 1.30. The van der Waals surface area contributed by atoms with Crippen molar-refractivity contribution in [3.8, 4) is 6.07 Å². The zero-order valence-corrected chi connectivity index (χ0v) is 11.1. The third-order valence-electron chi connectivity index (χ3n) is 3.57. The lowest BCUT2D eigenvalue weighted by Crippen LogP contribution is -2.47. The molecule has 3 nitrogen and oxygen atoms in total. The van der Waals surface area contributed by atoms with Crippen molar-refractivity contribution in [2.24, 2.45) is 0 Å². The average molecular weight is 268 g/mol. The van der Waals surface area contributed by atoms with Crippen molar-refractivity contribution >= 4 is 0 Å². The minimum atomic E-state index is -0.747. The number of nitrogens with zero attached hydrogens (tertiary/aromatic N) is 1. The summed E-state index contributed by atoms with van der Waals surface area (Å²) in [6.45, 7) is 3.68. The van der Waals surface area contributed by atoms with Crippen molar-refractivity contribution in [1.82, 2.24) is 5.32 Å². The summed E-state index contributed by atoms with van der Waals surface area (Å²) in [4.78, 5) is 0. The molecule has 0 bridgehead atoms. The standard InChI is InChI=1S/C14H18F2N2O/c1-3-14(4-2,9-19)18-8-11-12(15)5-10(7-17)6-13(11)16/h5-6,18-19H,3-4,8-9H2,1-2H3. The smallest absolute Gasteiger partial charge is 0.131 e. The van der Waals surface area contributed by atoms with E-state index >= 15 is 0 Å². The van der Waals surface area contributed by atoms with Crippen LogP contribution in [0.25, 0.3) is 0 Å². The molecule has 0 unspecified atom stereocenters. The number of hydrogen-bond donors (Lipinski definition) is 2. The third-order valence-corrected chi connectivity index (χ3v) is 3.57. The predicted molar refractivity (Wildman–Crippen MR) is 68.3 cm³/mol. The zero-order chi connectivity index (χ0) is 14.5. The number of rotatable bonds is 6. The monoisotopic (exact) mass is 268 g/mol. The first-order valence-corrected chi connectivity index (χ1v) is 6.25. The average Bonchev–Trinajstić information content (AvgIpc) is 2.42. The SMILES string of the molecule is CCC(CC)(CO)NCc1c(F)cc(C#N)cc1F. The molecule has 0 heterocycles. The summed E-state index contributed by atoms with van der Waals surface area (Å²) < 4.78 is 27.4. The van der Waals surface area contributed by atoms with Crippen molar-refractivity contribution in [2.75, 3.05) is 6.61 Å². The van der Waals surface area contributed by atoms with E-state index in [4.69, 9.17) is 5.26 Å². The fourth-order valence-electron chi connectivity index (χ4n) is 1.89. The summed E-state index contributed by atoms with van der Waals surface area (Å²) in [5, 5.41) is 21.0. The molecule has 0 atom stereocenters. The van der Waals surface area contributed by atoms with Crippen molar-refractivity contribution in [2.45, 2.75) is 38.8 Å². The number of nitrogens with one attached hydrogen (secondary N) is 1. The number of benzene rings is 1. The maximum absolute atomic E-state index is 13.7. The Morgan fingerprint density at radius 2 is 1.79 bits per heavy atom. The van der Waals surface area contributed by atoms with Crippen LogP contribution in [0, 0.1) is 23.0 Å². The number of aliphatic hydroxyl groups is 1. The normalized spacial score (nSPS) is 11.4. The largest absolute Gasteiger partial charge is 0.394 e. The van der Waals surface area contributed by atoms with Gasteiger partial charge < -0.3 is 10.4 Å². The van der Waals surface area contributed by atoms with Gasteiger partial charge in [-0.05, 0) is 25.0 Å².